The van der Waals surface area contributed by atoms with Gasteiger partial charge in [0.25, 0.3) is 0 Å². The number of hydrogen-bond acceptors (Lipinski definition) is 5. The molecule has 2 aromatic heterocycles. The molecule has 0 saturated carbocycles. The lowest BCUT2D eigenvalue weighted by Crippen LogP contribution is -2.01. The van der Waals surface area contributed by atoms with Crippen molar-refractivity contribution in [2.45, 2.75) is 6.61 Å². The molecule has 0 saturated heterocycles. The van der Waals surface area contributed by atoms with Gasteiger partial charge in [-0.25, -0.2) is 9.78 Å². The van der Waals surface area contributed by atoms with E-state index in [1.54, 1.807) is 12.1 Å². The molecule has 0 aliphatic carbocycles. The molecule has 1 aromatic carbocycles. The Balaban J connectivity index is 1.95. The minimum Gasteiger partial charge on any atom is -0.508 e. The summed E-state index contributed by atoms with van der Waals surface area (Å²) >= 11 is 0. The van der Waals surface area contributed by atoms with E-state index in [4.69, 9.17) is 4.74 Å². The number of carboxylic acids is 1. The largest absolute Gasteiger partial charge is 0.508 e. The number of ether oxygens (including phenoxy) is 1. The Bertz CT molecular complexity index is 856. The Morgan fingerprint density at radius 2 is 1.95 bits per heavy atom. The van der Waals surface area contributed by atoms with Crippen molar-refractivity contribution in [1.82, 2.24) is 9.38 Å². The fourth-order valence-electron chi connectivity index (χ4n) is 2.12. The molecule has 3 N–H and O–H groups in total. The minimum absolute atomic E-state index is 0.0165. The van der Waals surface area contributed by atoms with Crippen molar-refractivity contribution < 1.29 is 24.9 Å². The molecule has 0 bridgehead atoms. The van der Waals surface area contributed by atoms with E-state index in [-0.39, 0.29) is 29.3 Å². The number of aromatic nitrogens is 2. The minimum atomic E-state index is -1.19. The second-order valence-electron chi connectivity index (χ2n) is 4.61. The SMILES string of the molecule is O=C(O)c1nc(COc2cccc(O)c2)n2ccc(O)cc12. The summed E-state index contributed by atoms with van der Waals surface area (Å²) in [5.41, 5.74) is 0.118. The van der Waals surface area contributed by atoms with E-state index < -0.39 is 5.97 Å². The third-order valence-electron chi connectivity index (χ3n) is 3.09. The van der Waals surface area contributed by atoms with Crippen LogP contribution in [-0.4, -0.2) is 30.7 Å². The van der Waals surface area contributed by atoms with Crippen molar-refractivity contribution in [3.05, 3.63) is 54.1 Å². The van der Waals surface area contributed by atoms with Crippen LogP contribution in [0.2, 0.25) is 0 Å². The summed E-state index contributed by atoms with van der Waals surface area (Å²) in [5.74, 6) is -0.355. The van der Waals surface area contributed by atoms with Crippen LogP contribution in [0.15, 0.2) is 42.6 Å². The Labute approximate surface area is 124 Å². The number of fused-ring (bicyclic) bond motifs is 1. The lowest BCUT2D eigenvalue weighted by Gasteiger charge is -2.06. The van der Waals surface area contributed by atoms with Gasteiger partial charge in [0.15, 0.2) is 11.5 Å². The summed E-state index contributed by atoms with van der Waals surface area (Å²) in [7, 11) is 0. The highest BCUT2D eigenvalue weighted by molar-refractivity contribution is 5.94. The number of aromatic carboxylic acids is 1. The fraction of sp³-hybridized carbons (Fsp3) is 0.0667. The predicted octanol–water partition coefficient (Wildman–Crippen LogP) is 2.02. The van der Waals surface area contributed by atoms with Crippen molar-refractivity contribution in [2.75, 3.05) is 0 Å². The second kappa shape index (κ2) is 5.28. The number of phenolic OH excluding ortho intramolecular Hbond substituents is 1. The third-order valence-corrected chi connectivity index (χ3v) is 3.09. The van der Waals surface area contributed by atoms with Crippen LogP contribution >= 0.6 is 0 Å². The molecule has 2 heterocycles. The molecule has 0 unspecified atom stereocenters. The summed E-state index contributed by atoms with van der Waals surface area (Å²) < 4.78 is 7.04. The quantitative estimate of drug-likeness (QED) is 0.681. The van der Waals surface area contributed by atoms with Crippen LogP contribution in [-0.2, 0) is 6.61 Å². The van der Waals surface area contributed by atoms with Crippen molar-refractivity contribution in [1.29, 1.82) is 0 Å². The molecule has 0 atom stereocenters. The van der Waals surface area contributed by atoms with Gasteiger partial charge >= 0.3 is 5.97 Å². The molecule has 7 nitrogen and oxygen atoms in total. The first-order chi connectivity index (χ1) is 10.5. The van der Waals surface area contributed by atoms with Gasteiger partial charge in [0, 0.05) is 18.3 Å². The third kappa shape index (κ3) is 2.51. The van der Waals surface area contributed by atoms with Gasteiger partial charge in [-0.15, -0.1) is 0 Å². The molecule has 7 heteroatoms. The van der Waals surface area contributed by atoms with Gasteiger partial charge in [0.05, 0.1) is 5.52 Å². The molecule has 3 rings (SSSR count). The number of hydrogen-bond donors (Lipinski definition) is 3. The van der Waals surface area contributed by atoms with Crippen molar-refractivity contribution in [3.8, 4) is 17.2 Å². The van der Waals surface area contributed by atoms with E-state index in [1.165, 1.54) is 34.9 Å². The zero-order chi connectivity index (χ0) is 15.7. The standard InChI is InChI=1S/C15H12N2O5/c18-9-2-1-3-11(6-9)22-8-13-16-14(15(20)21)12-7-10(19)4-5-17(12)13/h1-7,18-19H,8H2,(H,20,21). The number of rotatable bonds is 4. The van der Waals surface area contributed by atoms with Crippen LogP contribution in [0.25, 0.3) is 5.52 Å². The van der Waals surface area contributed by atoms with E-state index in [9.17, 15) is 20.1 Å². The summed E-state index contributed by atoms with van der Waals surface area (Å²) in [4.78, 5) is 15.3. The van der Waals surface area contributed by atoms with E-state index in [2.05, 4.69) is 4.98 Å². The van der Waals surface area contributed by atoms with Crippen molar-refractivity contribution >= 4 is 11.5 Å². The zero-order valence-electron chi connectivity index (χ0n) is 11.3. The van der Waals surface area contributed by atoms with Crippen molar-refractivity contribution in [3.63, 3.8) is 0 Å². The van der Waals surface area contributed by atoms with E-state index in [0.717, 1.165) is 0 Å². The van der Waals surface area contributed by atoms with Gasteiger partial charge in [0.1, 0.15) is 23.9 Å². The number of carbonyl (C=O) groups is 1. The summed E-state index contributed by atoms with van der Waals surface area (Å²) in [6.45, 7) is 0.0165. The Morgan fingerprint density at radius 3 is 2.68 bits per heavy atom. The number of phenols is 1. The first kappa shape index (κ1) is 13.7. The van der Waals surface area contributed by atoms with Gasteiger partial charge in [-0.3, -0.25) is 4.40 Å². The highest BCUT2D eigenvalue weighted by Crippen LogP contribution is 2.22. The predicted molar refractivity (Wildman–Crippen MR) is 76.3 cm³/mol. The van der Waals surface area contributed by atoms with Crippen LogP contribution in [0, 0.1) is 0 Å². The highest BCUT2D eigenvalue weighted by Gasteiger charge is 2.17. The number of carboxylic acid groups (broad SMARTS) is 1. The summed E-state index contributed by atoms with van der Waals surface area (Å²) in [5, 5.41) is 28.1. The van der Waals surface area contributed by atoms with Crippen LogP contribution in [0.3, 0.4) is 0 Å². The number of benzene rings is 1. The zero-order valence-corrected chi connectivity index (χ0v) is 11.3. The molecule has 22 heavy (non-hydrogen) atoms. The lowest BCUT2D eigenvalue weighted by molar-refractivity contribution is 0.0693. The molecule has 112 valence electrons. The average Bonchev–Trinajstić information content (AvgIpc) is 2.83. The molecule has 0 aliphatic rings. The Hall–Kier alpha value is -3.22. The molecule has 0 radical (unpaired) electrons. The number of imidazole rings is 1. The first-order valence-electron chi connectivity index (χ1n) is 6.39. The second-order valence-corrected chi connectivity index (χ2v) is 4.61. The maximum atomic E-state index is 11.2. The van der Waals surface area contributed by atoms with Crippen LogP contribution in [0.4, 0.5) is 0 Å². The maximum absolute atomic E-state index is 11.2. The summed E-state index contributed by atoms with van der Waals surface area (Å²) in [6, 6.07) is 9.02. The Kier molecular flexibility index (Phi) is 3.30. The Morgan fingerprint density at radius 1 is 1.18 bits per heavy atom. The topological polar surface area (TPSA) is 104 Å². The highest BCUT2D eigenvalue weighted by atomic mass is 16.5. The molecule has 0 aliphatic heterocycles. The summed E-state index contributed by atoms with van der Waals surface area (Å²) in [6.07, 6.45) is 1.52. The average molecular weight is 300 g/mol. The number of pyridine rings is 1. The van der Waals surface area contributed by atoms with Gasteiger partial charge in [-0.1, -0.05) is 6.07 Å². The van der Waals surface area contributed by atoms with E-state index in [0.29, 0.717) is 11.6 Å². The lowest BCUT2D eigenvalue weighted by atomic mass is 10.3. The van der Waals surface area contributed by atoms with Gasteiger partial charge in [0.2, 0.25) is 0 Å². The molecule has 0 amide bonds. The molecule has 3 aromatic rings. The monoisotopic (exact) mass is 300 g/mol. The molecular formula is C15H12N2O5. The molecular weight excluding hydrogens is 288 g/mol. The van der Waals surface area contributed by atoms with Gasteiger partial charge in [-0.2, -0.15) is 0 Å². The van der Waals surface area contributed by atoms with Gasteiger partial charge in [-0.05, 0) is 18.2 Å². The van der Waals surface area contributed by atoms with E-state index >= 15 is 0 Å². The van der Waals surface area contributed by atoms with Gasteiger partial charge < -0.3 is 20.1 Å². The van der Waals surface area contributed by atoms with Crippen LogP contribution < -0.4 is 4.74 Å². The number of aromatic hydroxyl groups is 2. The van der Waals surface area contributed by atoms with E-state index in [1.807, 2.05) is 0 Å². The van der Waals surface area contributed by atoms with Crippen LogP contribution in [0.5, 0.6) is 17.2 Å². The smallest absolute Gasteiger partial charge is 0.356 e. The maximum Gasteiger partial charge on any atom is 0.356 e. The first-order valence-corrected chi connectivity index (χ1v) is 6.39. The molecule has 0 spiro atoms. The van der Waals surface area contributed by atoms with Crippen LogP contribution in [0.1, 0.15) is 16.3 Å². The number of nitrogens with zero attached hydrogens (tertiary/aromatic N) is 2. The van der Waals surface area contributed by atoms with Crippen molar-refractivity contribution in [2.24, 2.45) is 0 Å². The fourth-order valence-corrected chi connectivity index (χ4v) is 2.12. The normalized spacial score (nSPS) is 10.7. The molecule has 0 fully saturated rings.